The lowest BCUT2D eigenvalue weighted by atomic mass is 9.88. The second-order valence-electron chi connectivity index (χ2n) is 5.78. The van der Waals surface area contributed by atoms with E-state index in [9.17, 15) is 19.5 Å². The van der Waals surface area contributed by atoms with Gasteiger partial charge in [0.15, 0.2) is 5.69 Å². The van der Waals surface area contributed by atoms with Crippen molar-refractivity contribution >= 4 is 5.91 Å². The highest BCUT2D eigenvalue weighted by atomic mass is 16.5. The fourth-order valence-corrected chi connectivity index (χ4v) is 2.75. The van der Waals surface area contributed by atoms with E-state index in [2.05, 4.69) is 14.7 Å². The number of aromatic nitrogens is 3. The van der Waals surface area contributed by atoms with E-state index in [-0.39, 0.29) is 24.6 Å². The van der Waals surface area contributed by atoms with Crippen LogP contribution in [0.25, 0.3) is 0 Å². The molecule has 2 N–H and O–H groups in total. The number of H-pyrrole nitrogens is 1. The Morgan fingerprint density at radius 2 is 2.26 bits per heavy atom. The first-order valence-corrected chi connectivity index (χ1v) is 7.12. The highest BCUT2D eigenvalue weighted by Crippen LogP contribution is 2.31. The van der Waals surface area contributed by atoms with E-state index in [1.54, 1.807) is 6.92 Å². The Hall–Kier alpha value is -2.68. The van der Waals surface area contributed by atoms with Crippen LogP contribution in [0.15, 0.2) is 38.7 Å². The van der Waals surface area contributed by atoms with Crippen molar-refractivity contribution in [2.75, 3.05) is 13.1 Å². The molecule has 2 atom stereocenters. The van der Waals surface area contributed by atoms with Gasteiger partial charge in [0.2, 0.25) is 0 Å². The first kappa shape index (κ1) is 15.2. The molecule has 0 radical (unpaired) electrons. The lowest BCUT2D eigenvalue weighted by Gasteiger charge is -2.42. The second kappa shape index (κ2) is 5.51. The van der Waals surface area contributed by atoms with Gasteiger partial charge < -0.3 is 14.5 Å². The lowest BCUT2D eigenvalue weighted by Crippen LogP contribution is -2.55. The third kappa shape index (κ3) is 2.82. The molecule has 1 saturated heterocycles. The van der Waals surface area contributed by atoms with Gasteiger partial charge in [0.25, 0.3) is 11.5 Å². The predicted octanol–water partition coefficient (Wildman–Crippen LogP) is -0.637. The van der Waals surface area contributed by atoms with Crippen LogP contribution in [-0.4, -0.2) is 49.3 Å². The molecule has 0 bridgehead atoms. The summed E-state index contributed by atoms with van der Waals surface area (Å²) in [5.41, 5.74) is -2.17. The topological polar surface area (TPSA) is 121 Å². The molecule has 0 unspecified atom stereocenters. The summed E-state index contributed by atoms with van der Waals surface area (Å²) in [4.78, 5) is 39.2. The van der Waals surface area contributed by atoms with Crippen LogP contribution >= 0.6 is 0 Å². The number of likely N-dealkylation sites (tertiary alicyclic amines) is 1. The summed E-state index contributed by atoms with van der Waals surface area (Å²) < 4.78 is 5.91. The van der Waals surface area contributed by atoms with Crippen molar-refractivity contribution in [1.29, 1.82) is 0 Å². The molecule has 23 heavy (non-hydrogen) atoms. The number of nitrogens with zero attached hydrogens (tertiary/aromatic N) is 3. The van der Waals surface area contributed by atoms with Gasteiger partial charge in [-0.2, -0.15) is 0 Å². The number of piperidine rings is 1. The van der Waals surface area contributed by atoms with Crippen molar-refractivity contribution in [2.45, 2.75) is 25.0 Å². The minimum absolute atomic E-state index is 0.116. The number of carbonyl (C=O) groups is 1. The Morgan fingerprint density at radius 3 is 2.91 bits per heavy atom. The molecule has 1 amide bonds. The van der Waals surface area contributed by atoms with E-state index in [1.807, 2.05) is 0 Å². The van der Waals surface area contributed by atoms with Crippen LogP contribution in [0.1, 0.15) is 29.9 Å². The zero-order valence-electron chi connectivity index (χ0n) is 12.4. The van der Waals surface area contributed by atoms with Crippen molar-refractivity contribution in [2.24, 2.45) is 0 Å². The van der Waals surface area contributed by atoms with Gasteiger partial charge in [0.1, 0.15) is 6.26 Å². The van der Waals surface area contributed by atoms with Gasteiger partial charge in [-0.3, -0.25) is 19.1 Å². The molecule has 0 aromatic carbocycles. The molecule has 3 heterocycles. The molecule has 1 fully saturated rings. The predicted molar refractivity (Wildman–Crippen MR) is 78.0 cm³/mol. The van der Waals surface area contributed by atoms with Crippen LogP contribution in [0, 0.1) is 0 Å². The Kier molecular flexibility index (Phi) is 3.64. The Labute approximate surface area is 130 Å². The number of carbonyl (C=O) groups excluding carboxylic acids is 1. The Morgan fingerprint density at radius 1 is 1.48 bits per heavy atom. The smallest absolute Gasteiger partial charge is 0.328 e. The van der Waals surface area contributed by atoms with Crippen LogP contribution in [0.2, 0.25) is 0 Å². The number of rotatable bonds is 2. The van der Waals surface area contributed by atoms with E-state index in [0.717, 1.165) is 0 Å². The summed E-state index contributed by atoms with van der Waals surface area (Å²) in [6.45, 7) is 2.05. The first-order chi connectivity index (χ1) is 10.9. The average Bonchev–Trinajstić information content (AvgIpc) is 3.01. The summed E-state index contributed by atoms with van der Waals surface area (Å²) in [5, 5.41) is 14.2. The van der Waals surface area contributed by atoms with E-state index in [0.29, 0.717) is 6.54 Å². The molecule has 1 aliphatic rings. The van der Waals surface area contributed by atoms with Crippen LogP contribution in [0.4, 0.5) is 0 Å². The van der Waals surface area contributed by atoms with Gasteiger partial charge in [-0.05, 0) is 13.3 Å². The molecular formula is C14H16N4O5. The number of nitrogens with one attached hydrogen (secondary N) is 1. The molecule has 0 spiro atoms. The summed E-state index contributed by atoms with van der Waals surface area (Å²) >= 11 is 0. The maximum absolute atomic E-state index is 12.4. The summed E-state index contributed by atoms with van der Waals surface area (Å²) in [5.74, 6) is -0.336. The average molecular weight is 320 g/mol. The zero-order chi connectivity index (χ0) is 16.6. The van der Waals surface area contributed by atoms with Crippen molar-refractivity contribution in [3.8, 4) is 0 Å². The third-order valence-electron chi connectivity index (χ3n) is 4.13. The summed E-state index contributed by atoms with van der Waals surface area (Å²) in [7, 11) is 0. The van der Waals surface area contributed by atoms with Gasteiger partial charge >= 0.3 is 5.69 Å². The number of hydrogen-bond acceptors (Lipinski definition) is 6. The number of aliphatic hydroxyl groups is 1. The second-order valence-corrected chi connectivity index (χ2v) is 5.78. The molecule has 9 heteroatoms. The van der Waals surface area contributed by atoms with Gasteiger partial charge in [-0.25, -0.2) is 4.79 Å². The SMILES string of the molecule is C[C@@]1(O)CCN(C(=O)c2ccon2)C[C@H]1n1ccc(=O)[nH]c1=O. The minimum Gasteiger partial charge on any atom is -0.388 e. The standard InChI is InChI=1S/C14H16N4O5/c1-14(22)4-6-17(12(20)9-3-7-23-16-9)8-10(14)18-5-2-11(19)15-13(18)21/h2-3,5,7,10,22H,4,6,8H2,1H3,(H,15,19,21)/t10-,14-/m1/s1. The van der Waals surface area contributed by atoms with E-state index in [4.69, 9.17) is 0 Å². The molecular weight excluding hydrogens is 304 g/mol. The molecule has 0 aliphatic carbocycles. The van der Waals surface area contributed by atoms with E-state index >= 15 is 0 Å². The lowest BCUT2D eigenvalue weighted by molar-refractivity contribution is -0.0461. The normalized spacial score (nSPS) is 24.6. The maximum Gasteiger partial charge on any atom is 0.328 e. The molecule has 1 aliphatic heterocycles. The van der Waals surface area contributed by atoms with Crippen molar-refractivity contribution < 1.29 is 14.4 Å². The van der Waals surface area contributed by atoms with E-state index in [1.165, 1.54) is 34.1 Å². The van der Waals surface area contributed by atoms with Crippen LogP contribution in [0.3, 0.4) is 0 Å². The Balaban J connectivity index is 1.92. The number of hydrogen-bond donors (Lipinski definition) is 2. The summed E-state index contributed by atoms with van der Waals surface area (Å²) in [6, 6.07) is 1.98. The largest absolute Gasteiger partial charge is 0.388 e. The molecule has 0 saturated carbocycles. The van der Waals surface area contributed by atoms with Crippen molar-refractivity contribution in [3.05, 3.63) is 51.1 Å². The summed E-state index contributed by atoms with van der Waals surface area (Å²) in [6.07, 6.45) is 2.91. The fourth-order valence-electron chi connectivity index (χ4n) is 2.75. The molecule has 2 aromatic heterocycles. The highest BCUT2D eigenvalue weighted by molar-refractivity contribution is 5.92. The van der Waals surface area contributed by atoms with Crippen molar-refractivity contribution in [3.63, 3.8) is 0 Å². The van der Waals surface area contributed by atoms with E-state index < -0.39 is 22.9 Å². The quantitative estimate of drug-likeness (QED) is 0.759. The van der Waals surface area contributed by atoms with Crippen LogP contribution < -0.4 is 11.2 Å². The zero-order valence-corrected chi connectivity index (χ0v) is 12.4. The van der Waals surface area contributed by atoms with Gasteiger partial charge in [-0.1, -0.05) is 5.16 Å². The van der Waals surface area contributed by atoms with Crippen LogP contribution in [0.5, 0.6) is 0 Å². The van der Waals surface area contributed by atoms with Crippen LogP contribution in [-0.2, 0) is 0 Å². The van der Waals surface area contributed by atoms with Gasteiger partial charge in [-0.15, -0.1) is 0 Å². The minimum atomic E-state index is -1.19. The number of amides is 1. The first-order valence-electron chi connectivity index (χ1n) is 7.12. The molecule has 9 nitrogen and oxygen atoms in total. The maximum atomic E-state index is 12.4. The van der Waals surface area contributed by atoms with Gasteiger partial charge in [0.05, 0.1) is 11.6 Å². The Bertz CT molecular complexity index is 820. The third-order valence-corrected chi connectivity index (χ3v) is 4.13. The fraction of sp³-hybridized carbons (Fsp3) is 0.429. The highest BCUT2D eigenvalue weighted by Gasteiger charge is 2.41. The molecule has 3 rings (SSSR count). The molecule has 2 aromatic rings. The van der Waals surface area contributed by atoms with Crippen molar-refractivity contribution in [1.82, 2.24) is 19.6 Å². The number of aromatic amines is 1. The monoisotopic (exact) mass is 320 g/mol. The molecule has 122 valence electrons. The van der Waals surface area contributed by atoms with Gasteiger partial charge in [0, 0.05) is 31.4 Å².